The highest BCUT2D eigenvalue weighted by molar-refractivity contribution is 5.51. The lowest BCUT2D eigenvalue weighted by molar-refractivity contribution is 0.217. The minimum Gasteiger partial charge on any atom is -0.493 e. The van der Waals surface area contributed by atoms with Crippen LogP contribution in [0.25, 0.3) is 0 Å². The molecule has 1 rings (SSSR count). The quantitative estimate of drug-likeness (QED) is 0.725. The molecule has 0 saturated carbocycles. The Morgan fingerprint density at radius 2 is 1.65 bits per heavy atom. The predicted molar refractivity (Wildman–Crippen MR) is 78.3 cm³/mol. The van der Waals surface area contributed by atoms with Gasteiger partial charge in [-0.25, -0.2) is 0 Å². The lowest BCUT2D eigenvalue weighted by Crippen LogP contribution is -2.20. The largest absolute Gasteiger partial charge is 0.493 e. The molecule has 0 atom stereocenters. The zero-order valence-electron chi connectivity index (χ0n) is 12.7. The van der Waals surface area contributed by atoms with Gasteiger partial charge in [0.25, 0.3) is 0 Å². The Bertz CT molecular complexity index is 439. The van der Waals surface area contributed by atoms with Gasteiger partial charge in [-0.2, -0.15) is 5.26 Å². The maximum Gasteiger partial charge on any atom is 0.203 e. The molecule has 0 aromatic heterocycles. The molecule has 0 spiro atoms. The summed E-state index contributed by atoms with van der Waals surface area (Å²) in [7, 11) is 3.19. The Labute approximate surface area is 121 Å². The van der Waals surface area contributed by atoms with Crippen molar-refractivity contribution in [2.75, 3.05) is 20.8 Å². The Morgan fingerprint density at radius 3 is 2.05 bits per heavy atom. The van der Waals surface area contributed by atoms with Crippen LogP contribution in [0.3, 0.4) is 0 Å². The summed E-state index contributed by atoms with van der Waals surface area (Å²) in [5.41, 5.74) is -0.310. The third-order valence-corrected chi connectivity index (χ3v) is 3.80. The van der Waals surface area contributed by atoms with Crippen molar-refractivity contribution in [3.8, 4) is 23.3 Å². The molecule has 0 aliphatic carbocycles. The van der Waals surface area contributed by atoms with Crippen LogP contribution < -0.4 is 14.2 Å². The molecule has 0 amide bonds. The predicted octanol–water partition coefficient (Wildman–Crippen LogP) is 3.80. The Balaban J connectivity index is 2.78. The van der Waals surface area contributed by atoms with Crippen molar-refractivity contribution in [2.24, 2.45) is 5.41 Å². The molecule has 0 bridgehead atoms. The third kappa shape index (κ3) is 3.57. The second-order valence-corrected chi connectivity index (χ2v) is 4.69. The SMILES string of the molecule is CCC(C#N)(CC)CCOc1c(OC)cccc1OC. The van der Waals surface area contributed by atoms with Gasteiger partial charge in [0, 0.05) is 6.42 Å². The molecular formula is C16H23NO3. The van der Waals surface area contributed by atoms with Crippen molar-refractivity contribution >= 4 is 0 Å². The number of rotatable bonds is 8. The van der Waals surface area contributed by atoms with Crippen LogP contribution in [0.15, 0.2) is 18.2 Å². The second-order valence-electron chi connectivity index (χ2n) is 4.69. The van der Waals surface area contributed by atoms with Crippen molar-refractivity contribution in [3.63, 3.8) is 0 Å². The molecule has 0 saturated heterocycles. The molecule has 0 heterocycles. The number of ether oxygens (including phenoxy) is 3. The van der Waals surface area contributed by atoms with Gasteiger partial charge in [-0.3, -0.25) is 0 Å². The summed E-state index contributed by atoms with van der Waals surface area (Å²) in [6, 6.07) is 7.92. The average molecular weight is 277 g/mol. The van der Waals surface area contributed by atoms with Crippen LogP contribution in [0.1, 0.15) is 33.1 Å². The minimum absolute atomic E-state index is 0.310. The summed E-state index contributed by atoms with van der Waals surface area (Å²) in [6.45, 7) is 4.54. The van der Waals surface area contributed by atoms with Crippen molar-refractivity contribution in [2.45, 2.75) is 33.1 Å². The van der Waals surface area contributed by atoms with E-state index in [1.165, 1.54) is 0 Å². The molecule has 0 unspecified atom stereocenters. The molecule has 1 aromatic rings. The fourth-order valence-corrected chi connectivity index (χ4v) is 2.13. The molecule has 1 aromatic carbocycles. The van der Waals surface area contributed by atoms with Crippen LogP contribution in [0.2, 0.25) is 0 Å². The summed E-state index contributed by atoms with van der Waals surface area (Å²) in [5, 5.41) is 9.32. The van der Waals surface area contributed by atoms with E-state index in [-0.39, 0.29) is 5.41 Å². The topological polar surface area (TPSA) is 51.5 Å². The average Bonchev–Trinajstić information content (AvgIpc) is 2.52. The van der Waals surface area contributed by atoms with Gasteiger partial charge in [-0.15, -0.1) is 0 Å². The number of hydrogen-bond acceptors (Lipinski definition) is 4. The highest BCUT2D eigenvalue weighted by Gasteiger charge is 2.26. The van der Waals surface area contributed by atoms with E-state index >= 15 is 0 Å². The summed E-state index contributed by atoms with van der Waals surface area (Å²) >= 11 is 0. The van der Waals surface area contributed by atoms with Crippen LogP contribution in [0.5, 0.6) is 17.2 Å². The maximum absolute atomic E-state index is 9.32. The van der Waals surface area contributed by atoms with Crippen LogP contribution in [-0.4, -0.2) is 20.8 Å². The maximum atomic E-state index is 9.32. The lowest BCUT2D eigenvalue weighted by atomic mass is 9.81. The van der Waals surface area contributed by atoms with E-state index in [1.54, 1.807) is 14.2 Å². The van der Waals surface area contributed by atoms with Crippen molar-refractivity contribution in [1.29, 1.82) is 5.26 Å². The number of benzene rings is 1. The molecular weight excluding hydrogens is 254 g/mol. The van der Waals surface area contributed by atoms with Gasteiger partial charge in [-0.1, -0.05) is 19.9 Å². The molecule has 110 valence electrons. The van der Waals surface area contributed by atoms with Gasteiger partial charge in [0.05, 0.1) is 32.3 Å². The molecule has 0 aliphatic rings. The molecule has 0 aliphatic heterocycles. The zero-order valence-corrected chi connectivity index (χ0v) is 12.7. The lowest BCUT2D eigenvalue weighted by Gasteiger charge is -2.23. The van der Waals surface area contributed by atoms with Gasteiger partial charge in [0.2, 0.25) is 5.75 Å². The van der Waals surface area contributed by atoms with Crippen LogP contribution >= 0.6 is 0 Å². The van der Waals surface area contributed by atoms with Gasteiger partial charge >= 0.3 is 0 Å². The Morgan fingerprint density at radius 1 is 1.10 bits per heavy atom. The van der Waals surface area contributed by atoms with Crippen molar-refractivity contribution < 1.29 is 14.2 Å². The molecule has 4 heteroatoms. The van der Waals surface area contributed by atoms with Gasteiger partial charge in [-0.05, 0) is 25.0 Å². The van der Waals surface area contributed by atoms with E-state index in [4.69, 9.17) is 14.2 Å². The van der Waals surface area contributed by atoms with Gasteiger partial charge < -0.3 is 14.2 Å². The smallest absolute Gasteiger partial charge is 0.203 e. The summed E-state index contributed by atoms with van der Waals surface area (Å²) in [4.78, 5) is 0. The standard InChI is InChI=1S/C16H23NO3/c1-5-16(6-2,12-17)10-11-20-15-13(18-3)8-7-9-14(15)19-4/h7-9H,5-6,10-11H2,1-4H3. The molecule has 0 N–H and O–H groups in total. The van der Waals surface area contributed by atoms with E-state index in [1.807, 2.05) is 32.0 Å². The summed E-state index contributed by atoms with van der Waals surface area (Å²) < 4.78 is 16.4. The summed E-state index contributed by atoms with van der Waals surface area (Å²) in [6.07, 6.45) is 2.34. The third-order valence-electron chi connectivity index (χ3n) is 3.80. The first kappa shape index (κ1) is 16.2. The van der Waals surface area contributed by atoms with E-state index in [9.17, 15) is 5.26 Å². The number of hydrogen-bond donors (Lipinski definition) is 0. The number of nitriles is 1. The normalized spacial score (nSPS) is 10.8. The van der Waals surface area contributed by atoms with Crippen LogP contribution in [-0.2, 0) is 0 Å². The first-order valence-electron chi connectivity index (χ1n) is 6.91. The number of para-hydroxylation sites is 1. The molecule has 4 nitrogen and oxygen atoms in total. The first-order valence-corrected chi connectivity index (χ1v) is 6.91. The van der Waals surface area contributed by atoms with E-state index in [0.717, 1.165) is 12.8 Å². The molecule has 20 heavy (non-hydrogen) atoms. The molecule has 0 fully saturated rings. The number of nitrogens with zero attached hydrogens (tertiary/aromatic N) is 1. The van der Waals surface area contributed by atoms with Gasteiger partial charge in [0.15, 0.2) is 11.5 Å². The number of methoxy groups -OCH3 is 2. The Kier molecular flexibility index (Phi) is 6.17. The zero-order chi connectivity index (χ0) is 15.0. The van der Waals surface area contributed by atoms with Crippen molar-refractivity contribution in [1.82, 2.24) is 0 Å². The fraction of sp³-hybridized carbons (Fsp3) is 0.562. The minimum atomic E-state index is -0.310. The monoisotopic (exact) mass is 277 g/mol. The van der Waals surface area contributed by atoms with Crippen LogP contribution in [0, 0.1) is 16.7 Å². The highest BCUT2D eigenvalue weighted by atomic mass is 16.5. The highest BCUT2D eigenvalue weighted by Crippen LogP contribution is 2.38. The van der Waals surface area contributed by atoms with Gasteiger partial charge in [0.1, 0.15) is 0 Å². The van der Waals surface area contributed by atoms with Crippen molar-refractivity contribution in [3.05, 3.63) is 18.2 Å². The van der Waals surface area contributed by atoms with E-state index in [0.29, 0.717) is 30.3 Å². The molecule has 0 radical (unpaired) electrons. The Hall–Kier alpha value is -1.89. The van der Waals surface area contributed by atoms with E-state index in [2.05, 4.69) is 6.07 Å². The van der Waals surface area contributed by atoms with Crippen LogP contribution in [0.4, 0.5) is 0 Å². The fourth-order valence-electron chi connectivity index (χ4n) is 2.13. The van der Waals surface area contributed by atoms with E-state index < -0.39 is 0 Å². The summed E-state index contributed by atoms with van der Waals surface area (Å²) in [5.74, 6) is 1.87. The second kappa shape index (κ2) is 7.64. The first-order chi connectivity index (χ1) is 9.66.